The summed E-state index contributed by atoms with van der Waals surface area (Å²) >= 11 is 0. The van der Waals surface area contributed by atoms with Gasteiger partial charge in [0, 0.05) is 5.69 Å². The van der Waals surface area contributed by atoms with Crippen LogP contribution in [-0.2, 0) is 4.79 Å². The maximum atomic E-state index is 12.0. The van der Waals surface area contributed by atoms with E-state index < -0.39 is 17.9 Å². The first-order chi connectivity index (χ1) is 12.0. The zero-order valence-electron chi connectivity index (χ0n) is 14.4. The standard InChI is InChI=1S/C18H21N3O4/c1-4-24-14-8-10-15(11-9-14)25-13(3)17(22)20-21-18(23)16-7-5-6-12(2)19-16/h5-11,13H,4H2,1-3H3,(H,20,22)(H,21,23). The van der Waals surface area contributed by atoms with E-state index in [1.807, 2.05) is 6.92 Å². The molecule has 1 aromatic heterocycles. The molecule has 7 nitrogen and oxygen atoms in total. The van der Waals surface area contributed by atoms with Crippen molar-refractivity contribution < 1.29 is 19.1 Å². The van der Waals surface area contributed by atoms with E-state index in [4.69, 9.17) is 9.47 Å². The summed E-state index contributed by atoms with van der Waals surface area (Å²) in [6.45, 7) is 5.84. The molecule has 1 atom stereocenters. The van der Waals surface area contributed by atoms with E-state index in [0.717, 1.165) is 5.75 Å². The van der Waals surface area contributed by atoms with Crippen LogP contribution in [0.4, 0.5) is 0 Å². The van der Waals surface area contributed by atoms with E-state index in [9.17, 15) is 9.59 Å². The highest BCUT2D eigenvalue weighted by Crippen LogP contribution is 2.18. The minimum atomic E-state index is -0.788. The monoisotopic (exact) mass is 343 g/mol. The second kappa shape index (κ2) is 8.68. The molecule has 25 heavy (non-hydrogen) atoms. The van der Waals surface area contributed by atoms with Gasteiger partial charge in [-0.25, -0.2) is 4.98 Å². The molecule has 2 rings (SSSR count). The van der Waals surface area contributed by atoms with Gasteiger partial charge in [0.05, 0.1) is 6.61 Å². The molecule has 0 bridgehead atoms. The zero-order chi connectivity index (χ0) is 18.2. The van der Waals surface area contributed by atoms with Crippen LogP contribution in [0.25, 0.3) is 0 Å². The first-order valence-corrected chi connectivity index (χ1v) is 7.93. The second-order valence-electron chi connectivity index (χ2n) is 5.27. The Bertz CT molecular complexity index is 731. The topological polar surface area (TPSA) is 89.5 Å². The quantitative estimate of drug-likeness (QED) is 0.783. The van der Waals surface area contributed by atoms with Crippen LogP contribution in [-0.4, -0.2) is 29.5 Å². The molecule has 0 saturated heterocycles. The van der Waals surface area contributed by atoms with Crippen molar-refractivity contribution >= 4 is 11.8 Å². The number of carbonyl (C=O) groups excluding carboxylic acids is 2. The van der Waals surface area contributed by atoms with Gasteiger partial charge >= 0.3 is 0 Å². The molecule has 0 aliphatic rings. The number of hydrogen-bond acceptors (Lipinski definition) is 5. The van der Waals surface area contributed by atoms with Crippen LogP contribution in [0.2, 0.25) is 0 Å². The molecule has 1 heterocycles. The number of amides is 2. The summed E-state index contributed by atoms with van der Waals surface area (Å²) in [5.41, 5.74) is 5.58. The molecule has 0 saturated carbocycles. The van der Waals surface area contributed by atoms with Crippen molar-refractivity contribution in [2.45, 2.75) is 26.9 Å². The Morgan fingerprint density at radius 3 is 2.40 bits per heavy atom. The van der Waals surface area contributed by atoms with E-state index >= 15 is 0 Å². The van der Waals surface area contributed by atoms with Crippen LogP contribution in [0.3, 0.4) is 0 Å². The smallest absolute Gasteiger partial charge is 0.288 e. The summed E-state index contributed by atoms with van der Waals surface area (Å²) < 4.78 is 10.9. The second-order valence-corrected chi connectivity index (χ2v) is 5.27. The van der Waals surface area contributed by atoms with Crippen molar-refractivity contribution in [2.24, 2.45) is 0 Å². The number of carbonyl (C=O) groups is 2. The van der Waals surface area contributed by atoms with Gasteiger partial charge in [-0.2, -0.15) is 0 Å². The summed E-state index contributed by atoms with van der Waals surface area (Å²) in [6, 6.07) is 12.0. The minimum absolute atomic E-state index is 0.223. The zero-order valence-corrected chi connectivity index (χ0v) is 14.4. The Kier molecular flexibility index (Phi) is 6.33. The predicted octanol–water partition coefficient (Wildman–Crippen LogP) is 2.02. The average molecular weight is 343 g/mol. The summed E-state index contributed by atoms with van der Waals surface area (Å²) in [7, 11) is 0. The van der Waals surface area contributed by atoms with E-state index in [2.05, 4.69) is 15.8 Å². The summed E-state index contributed by atoms with van der Waals surface area (Å²) in [5.74, 6) is 0.280. The number of hydrogen-bond donors (Lipinski definition) is 2. The fraction of sp³-hybridized carbons (Fsp3) is 0.278. The molecule has 0 aliphatic heterocycles. The molecule has 7 heteroatoms. The van der Waals surface area contributed by atoms with Crippen LogP contribution in [0.15, 0.2) is 42.5 Å². The lowest BCUT2D eigenvalue weighted by Crippen LogP contribution is -2.47. The lowest BCUT2D eigenvalue weighted by Gasteiger charge is -2.15. The Hall–Kier alpha value is -3.09. The van der Waals surface area contributed by atoms with E-state index in [1.165, 1.54) is 0 Å². The number of aromatic nitrogens is 1. The average Bonchev–Trinajstić information content (AvgIpc) is 2.61. The molecule has 2 aromatic rings. The fourth-order valence-corrected chi connectivity index (χ4v) is 1.99. The number of hydrazine groups is 1. The molecule has 2 N–H and O–H groups in total. The largest absolute Gasteiger partial charge is 0.494 e. The number of pyridine rings is 1. The molecule has 0 radical (unpaired) electrons. The van der Waals surface area contributed by atoms with Gasteiger partial charge in [-0.05, 0) is 57.2 Å². The van der Waals surface area contributed by atoms with Crippen molar-refractivity contribution in [3.05, 3.63) is 53.9 Å². The molecule has 0 aliphatic carbocycles. The molecular weight excluding hydrogens is 322 g/mol. The highest BCUT2D eigenvalue weighted by Gasteiger charge is 2.16. The molecule has 132 valence electrons. The van der Waals surface area contributed by atoms with E-state index in [0.29, 0.717) is 18.1 Å². The molecule has 2 amide bonds. The highest BCUT2D eigenvalue weighted by molar-refractivity contribution is 5.94. The van der Waals surface area contributed by atoms with Crippen LogP contribution < -0.4 is 20.3 Å². The number of nitrogens with one attached hydrogen (secondary N) is 2. The van der Waals surface area contributed by atoms with Crippen LogP contribution in [0, 0.1) is 6.92 Å². The first-order valence-electron chi connectivity index (χ1n) is 7.93. The lowest BCUT2D eigenvalue weighted by molar-refractivity contribution is -0.128. The SMILES string of the molecule is CCOc1ccc(OC(C)C(=O)NNC(=O)c2cccc(C)n2)cc1. The maximum absolute atomic E-state index is 12.0. The van der Waals surface area contributed by atoms with Gasteiger partial charge in [-0.1, -0.05) is 6.07 Å². The van der Waals surface area contributed by atoms with Crippen LogP contribution in [0.5, 0.6) is 11.5 Å². The van der Waals surface area contributed by atoms with Gasteiger partial charge in [-0.3, -0.25) is 20.4 Å². The number of aryl methyl sites for hydroxylation is 1. The van der Waals surface area contributed by atoms with Crippen molar-refractivity contribution in [1.29, 1.82) is 0 Å². The van der Waals surface area contributed by atoms with E-state index in [1.54, 1.807) is 56.3 Å². The molecular formula is C18H21N3O4. The molecule has 1 unspecified atom stereocenters. The first kappa shape index (κ1) is 18.3. The van der Waals surface area contributed by atoms with Crippen molar-refractivity contribution in [3.63, 3.8) is 0 Å². The lowest BCUT2D eigenvalue weighted by atomic mass is 10.3. The van der Waals surface area contributed by atoms with Crippen LogP contribution in [0.1, 0.15) is 30.0 Å². The van der Waals surface area contributed by atoms with Gasteiger partial charge in [0.25, 0.3) is 11.8 Å². The third-order valence-electron chi connectivity index (χ3n) is 3.24. The van der Waals surface area contributed by atoms with Crippen molar-refractivity contribution in [2.75, 3.05) is 6.61 Å². The van der Waals surface area contributed by atoms with Gasteiger partial charge in [-0.15, -0.1) is 0 Å². The normalized spacial score (nSPS) is 11.3. The minimum Gasteiger partial charge on any atom is -0.494 e. The van der Waals surface area contributed by atoms with Gasteiger partial charge in [0.15, 0.2) is 6.10 Å². The predicted molar refractivity (Wildman–Crippen MR) is 92.3 cm³/mol. The number of benzene rings is 1. The molecule has 1 aromatic carbocycles. The summed E-state index contributed by atoms with van der Waals surface area (Å²) in [4.78, 5) is 28.0. The van der Waals surface area contributed by atoms with Gasteiger partial charge in [0.1, 0.15) is 17.2 Å². The number of nitrogens with zero attached hydrogens (tertiary/aromatic N) is 1. The third-order valence-corrected chi connectivity index (χ3v) is 3.24. The van der Waals surface area contributed by atoms with Crippen molar-refractivity contribution in [1.82, 2.24) is 15.8 Å². The van der Waals surface area contributed by atoms with E-state index in [-0.39, 0.29) is 5.69 Å². The molecule has 0 spiro atoms. The Balaban J connectivity index is 1.84. The highest BCUT2D eigenvalue weighted by atomic mass is 16.5. The summed E-state index contributed by atoms with van der Waals surface area (Å²) in [6.07, 6.45) is -0.788. The molecule has 0 fully saturated rings. The number of rotatable bonds is 6. The number of ether oxygens (including phenoxy) is 2. The fourth-order valence-electron chi connectivity index (χ4n) is 1.99. The summed E-state index contributed by atoms with van der Waals surface area (Å²) in [5, 5.41) is 0. The third kappa shape index (κ3) is 5.49. The van der Waals surface area contributed by atoms with Crippen LogP contribution >= 0.6 is 0 Å². The Labute approximate surface area is 146 Å². The Morgan fingerprint density at radius 1 is 1.08 bits per heavy atom. The maximum Gasteiger partial charge on any atom is 0.288 e. The van der Waals surface area contributed by atoms with Gasteiger partial charge in [0.2, 0.25) is 0 Å². The van der Waals surface area contributed by atoms with Gasteiger partial charge < -0.3 is 9.47 Å². The Morgan fingerprint density at radius 2 is 1.76 bits per heavy atom. The van der Waals surface area contributed by atoms with Crippen molar-refractivity contribution in [3.8, 4) is 11.5 Å².